The molecule has 1 heterocycles. The lowest BCUT2D eigenvalue weighted by molar-refractivity contribution is -0.162. The van der Waals surface area contributed by atoms with Crippen LogP contribution in [0, 0.1) is 5.82 Å². The maximum atomic E-state index is 13.0. The average Bonchev–Trinajstić information content (AvgIpc) is 2.74. The van der Waals surface area contributed by atoms with Crippen LogP contribution in [-0.4, -0.2) is 55.9 Å². The maximum absolute atomic E-state index is 13.0. The van der Waals surface area contributed by atoms with Gasteiger partial charge in [0.05, 0.1) is 25.9 Å². The molecule has 0 N–H and O–H groups in total. The highest BCUT2D eigenvalue weighted by Crippen LogP contribution is 2.32. The molecule has 0 aliphatic carbocycles. The van der Waals surface area contributed by atoms with E-state index in [2.05, 4.69) is 0 Å². The monoisotopic (exact) mass is 435 g/mol. The summed E-state index contributed by atoms with van der Waals surface area (Å²) in [4.78, 5) is 13.3. The van der Waals surface area contributed by atoms with E-state index in [0.717, 1.165) is 10.5 Å². The van der Waals surface area contributed by atoms with Crippen molar-refractivity contribution in [3.63, 3.8) is 0 Å². The minimum Gasteiger partial charge on any atom is -0.489 e. The SMILES string of the molecule is COC[C@H]1CN(Sc2ccc(OCc3ccc(F)cc3)cc2)[C@@H](C(=O)OC)[C@H](C)O1. The molecule has 0 saturated carbocycles. The lowest BCUT2D eigenvalue weighted by Crippen LogP contribution is -2.55. The minimum absolute atomic E-state index is 0.128. The Kier molecular flexibility index (Phi) is 8.09. The van der Waals surface area contributed by atoms with Crippen LogP contribution in [0.15, 0.2) is 53.4 Å². The molecule has 1 saturated heterocycles. The van der Waals surface area contributed by atoms with Crippen LogP contribution in [0.5, 0.6) is 5.75 Å². The number of hydrogen-bond donors (Lipinski definition) is 0. The molecular formula is C22H26FNO5S. The largest absolute Gasteiger partial charge is 0.489 e. The van der Waals surface area contributed by atoms with Crippen LogP contribution in [0.2, 0.25) is 0 Å². The first-order valence-electron chi connectivity index (χ1n) is 9.64. The lowest BCUT2D eigenvalue weighted by atomic mass is 10.1. The summed E-state index contributed by atoms with van der Waals surface area (Å²) in [6.07, 6.45) is -0.450. The highest BCUT2D eigenvalue weighted by Gasteiger charge is 2.40. The van der Waals surface area contributed by atoms with Gasteiger partial charge in [-0.3, -0.25) is 4.79 Å². The van der Waals surface area contributed by atoms with E-state index >= 15 is 0 Å². The van der Waals surface area contributed by atoms with Crippen molar-refractivity contribution in [1.82, 2.24) is 4.31 Å². The van der Waals surface area contributed by atoms with E-state index in [4.69, 9.17) is 18.9 Å². The fourth-order valence-corrected chi connectivity index (χ4v) is 4.39. The van der Waals surface area contributed by atoms with Crippen LogP contribution in [0.25, 0.3) is 0 Å². The van der Waals surface area contributed by atoms with Crippen molar-refractivity contribution < 1.29 is 28.1 Å². The number of ether oxygens (including phenoxy) is 4. The molecule has 0 radical (unpaired) electrons. The molecule has 1 aliphatic rings. The average molecular weight is 436 g/mol. The van der Waals surface area contributed by atoms with Gasteiger partial charge in [-0.25, -0.2) is 8.70 Å². The summed E-state index contributed by atoms with van der Waals surface area (Å²) in [7, 11) is 3.01. The second-order valence-electron chi connectivity index (χ2n) is 6.96. The molecule has 0 aromatic heterocycles. The zero-order chi connectivity index (χ0) is 21.5. The molecule has 2 aromatic rings. The van der Waals surface area contributed by atoms with Gasteiger partial charge in [-0.05, 0) is 60.8 Å². The fourth-order valence-electron chi connectivity index (χ4n) is 3.25. The first-order valence-corrected chi connectivity index (χ1v) is 10.4. The number of morpholine rings is 1. The molecule has 0 unspecified atom stereocenters. The third kappa shape index (κ3) is 5.95. The van der Waals surface area contributed by atoms with Crippen molar-refractivity contribution >= 4 is 17.9 Å². The third-order valence-electron chi connectivity index (χ3n) is 4.71. The lowest BCUT2D eigenvalue weighted by Gasteiger charge is -2.40. The Morgan fingerprint density at radius 2 is 1.87 bits per heavy atom. The van der Waals surface area contributed by atoms with Crippen LogP contribution in [0.1, 0.15) is 12.5 Å². The van der Waals surface area contributed by atoms with Gasteiger partial charge in [0.25, 0.3) is 0 Å². The van der Waals surface area contributed by atoms with Crippen LogP contribution in [0.3, 0.4) is 0 Å². The van der Waals surface area contributed by atoms with Crippen molar-refractivity contribution in [1.29, 1.82) is 0 Å². The number of nitrogens with zero attached hydrogens (tertiary/aromatic N) is 1. The number of carbonyl (C=O) groups is 1. The molecule has 2 aromatic carbocycles. The molecule has 30 heavy (non-hydrogen) atoms. The van der Waals surface area contributed by atoms with Gasteiger partial charge in [0.2, 0.25) is 0 Å². The van der Waals surface area contributed by atoms with Gasteiger partial charge in [0, 0.05) is 18.6 Å². The van der Waals surface area contributed by atoms with Gasteiger partial charge in [-0.1, -0.05) is 12.1 Å². The number of carbonyl (C=O) groups excluding carboxylic acids is 1. The summed E-state index contributed by atoms with van der Waals surface area (Å²) in [6.45, 7) is 3.21. The first kappa shape index (κ1) is 22.6. The van der Waals surface area contributed by atoms with Gasteiger partial charge in [0.15, 0.2) is 0 Å². The van der Waals surface area contributed by atoms with E-state index in [1.807, 2.05) is 35.5 Å². The standard InChI is InChI=1S/C22H26FNO5S/c1-15-21(22(25)27-3)24(12-19(29-15)14-26-2)30-20-10-8-18(9-11-20)28-13-16-4-6-17(23)7-5-16/h4-11,15,19,21H,12-14H2,1-3H3/t15-,19+,21+/m0/s1. The van der Waals surface area contributed by atoms with Crippen molar-refractivity contribution in [2.45, 2.75) is 36.7 Å². The van der Waals surface area contributed by atoms with Crippen molar-refractivity contribution in [2.24, 2.45) is 0 Å². The summed E-state index contributed by atoms with van der Waals surface area (Å²) in [5.74, 6) is 0.112. The fraction of sp³-hybridized carbons (Fsp3) is 0.409. The number of halogens is 1. The quantitative estimate of drug-likeness (QED) is 0.463. The molecule has 0 spiro atoms. The second-order valence-corrected chi connectivity index (χ2v) is 8.09. The molecule has 162 valence electrons. The van der Waals surface area contributed by atoms with Crippen molar-refractivity contribution in [3.8, 4) is 5.75 Å². The molecule has 1 fully saturated rings. The first-order chi connectivity index (χ1) is 14.5. The van der Waals surface area contributed by atoms with E-state index in [-0.39, 0.29) is 24.0 Å². The highest BCUT2D eigenvalue weighted by molar-refractivity contribution is 7.97. The third-order valence-corrected chi connectivity index (χ3v) is 5.80. The second kappa shape index (κ2) is 10.8. The number of hydrogen-bond acceptors (Lipinski definition) is 7. The van der Waals surface area contributed by atoms with Gasteiger partial charge in [0.1, 0.15) is 24.2 Å². The number of rotatable bonds is 8. The molecule has 0 amide bonds. The number of benzene rings is 2. The molecule has 1 aliphatic heterocycles. The molecule has 3 atom stereocenters. The number of esters is 1. The van der Waals surface area contributed by atoms with Gasteiger partial charge < -0.3 is 18.9 Å². The van der Waals surface area contributed by atoms with Gasteiger partial charge in [-0.15, -0.1) is 0 Å². The molecule has 0 bridgehead atoms. The summed E-state index contributed by atoms with van der Waals surface area (Å²) in [6, 6.07) is 13.3. The van der Waals surface area contributed by atoms with Crippen LogP contribution in [-0.2, 0) is 25.6 Å². The predicted molar refractivity (Wildman–Crippen MR) is 112 cm³/mol. The topological polar surface area (TPSA) is 57.2 Å². The number of methoxy groups -OCH3 is 2. The molecular weight excluding hydrogens is 409 g/mol. The molecule has 8 heteroatoms. The summed E-state index contributed by atoms with van der Waals surface area (Å²) >= 11 is 1.47. The predicted octanol–water partition coefficient (Wildman–Crippen LogP) is 3.69. The van der Waals surface area contributed by atoms with E-state index in [0.29, 0.717) is 25.5 Å². The Hall–Kier alpha value is -2.13. The van der Waals surface area contributed by atoms with Crippen LogP contribution >= 0.6 is 11.9 Å². The van der Waals surface area contributed by atoms with E-state index < -0.39 is 6.04 Å². The molecule has 6 nitrogen and oxygen atoms in total. The van der Waals surface area contributed by atoms with Crippen LogP contribution < -0.4 is 4.74 Å². The summed E-state index contributed by atoms with van der Waals surface area (Å²) < 4.78 is 36.8. The van der Waals surface area contributed by atoms with E-state index in [9.17, 15) is 9.18 Å². The Morgan fingerprint density at radius 3 is 2.50 bits per heavy atom. The smallest absolute Gasteiger partial charge is 0.326 e. The van der Waals surface area contributed by atoms with Crippen molar-refractivity contribution in [2.75, 3.05) is 27.4 Å². The molecule has 3 rings (SSSR count). The zero-order valence-corrected chi connectivity index (χ0v) is 18.1. The van der Waals surface area contributed by atoms with Gasteiger partial charge in [-0.2, -0.15) is 0 Å². The Balaban J connectivity index is 1.63. The van der Waals surface area contributed by atoms with E-state index in [1.54, 1.807) is 19.2 Å². The normalized spacial score (nSPS) is 21.9. The summed E-state index contributed by atoms with van der Waals surface area (Å²) in [5, 5.41) is 0. The highest BCUT2D eigenvalue weighted by atomic mass is 32.2. The Bertz CT molecular complexity index is 817. The Morgan fingerprint density at radius 1 is 1.17 bits per heavy atom. The van der Waals surface area contributed by atoms with Crippen molar-refractivity contribution in [3.05, 3.63) is 59.9 Å². The maximum Gasteiger partial charge on any atom is 0.326 e. The van der Waals surface area contributed by atoms with E-state index in [1.165, 1.54) is 31.2 Å². The summed E-state index contributed by atoms with van der Waals surface area (Å²) in [5.41, 5.74) is 0.891. The van der Waals surface area contributed by atoms with Gasteiger partial charge >= 0.3 is 5.97 Å². The van der Waals surface area contributed by atoms with Crippen LogP contribution in [0.4, 0.5) is 4.39 Å². The minimum atomic E-state index is -0.512. The zero-order valence-electron chi connectivity index (χ0n) is 17.2. The Labute approximate surface area is 180 Å².